The van der Waals surface area contributed by atoms with Crippen LogP contribution in [0.1, 0.15) is 31.8 Å². The molecule has 1 aliphatic heterocycles. The fourth-order valence-corrected chi connectivity index (χ4v) is 2.94. The predicted molar refractivity (Wildman–Crippen MR) is 104 cm³/mol. The summed E-state index contributed by atoms with van der Waals surface area (Å²) in [6.45, 7) is 2.06. The van der Waals surface area contributed by atoms with Gasteiger partial charge in [-0.05, 0) is 43.2 Å². The number of ether oxygens (including phenoxy) is 1. The first kappa shape index (κ1) is 20.6. The summed E-state index contributed by atoms with van der Waals surface area (Å²) in [5.41, 5.74) is 1.49. The van der Waals surface area contributed by atoms with Gasteiger partial charge in [0.05, 0.1) is 16.1 Å². The zero-order valence-corrected chi connectivity index (χ0v) is 16.1. The third-order valence-electron chi connectivity index (χ3n) is 4.61. The molecule has 0 fully saturated rings. The van der Waals surface area contributed by atoms with Gasteiger partial charge in [-0.2, -0.15) is 0 Å². The van der Waals surface area contributed by atoms with Gasteiger partial charge in [0.1, 0.15) is 12.2 Å². The molecule has 2 aromatic rings. The van der Waals surface area contributed by atoms with Crippen molar-refractivity contribution in [3.8, 4) is 0 Å². The van der Waals surface area contributed by atoms with Crippen molar-refractivity contribution in [1.29, 1.82) is 0 Å². The van der Waals surface area contributed by atoms with E-state index in [1.54, 1.807) is 26.0 Å². The molecule has 0 saturated heterocycles. The van der Waals surface area contributed by atoms with Crippen LogP contribution >= 0.6 is 0 Å². The summed E-state index contributed by atoms with van der Waals surface area (Å²) < 4.78 is 4.82. The van der Waals surface area contributed by atoms with E-state index in [4.69, 9.17) is 4.74 Å². The van der Waals surface area contributed by atoms with Crippen LogP contribution in [0.5, 0.6) is 0 Å². The molecule has 154 valence electrons. The number of nitro groups is 1. The third-order valence-corrected chi connectivity index (χ3v) is 4.61. The number of carbonyl (C=O) groups is 4. The van der Waals surface area contributed by atoms with Crippen LogP contribution in [-0.2, 0) is 14.3 Å². The Labute approximate surface area is 170 Å². The number of fused-ring (bicyclic) bond motifs is 1. The Morgan fingerprint density at radius 2 is 1.63 bits per heavy atom. The maximum atomic E-state index is 12.2. The van der Waals surface area contributed by atoms with Gasteiger partial charge >= 0.3 is 5.97 Å². The van der Waals surface area contributed by atoms with Gasteiger partial charge in [-0.15, -0.1) is 0 Å². The molecule has 30 heavy (non-hydrogen) atoms. The van der Waals surface area contributed by atoms with Crippen molar-refractivity contribution in [3.05, 3.63) is 68.8 Å². The van der Waals surface area contributed by atoms with E-state index in [9.17, 15) is 29.3 Å². The van der Waals surface area contributed by atoms with E-state index in [-0.39, 0.29) is 22.5 Å². The molecular weight excluding hydrogens is 394 g/mol. The Bertz CT molecular complexity index is 1060. The van der Waals surface area contributed by atoms with Crippen LogP contribution in [-0.4, -0.2) is 46.7 Å². The minimum Gasteiger partial charge on any atom is -0.454 e. The summed E-state index contributed by atoms with van der Waals surface area (Å²) in [6, 6.07) is 8.94. The highest BCUT2D eigenvalue weighted by Gasteiger charge is 2.36. The van der Waals surface area contributed by atoms with E-state index in [0.717, 1.165) is 10.5 Å². The molecule has 0 unspecified atom stereocenters. The van der Waals surface area contributed by atoms with Crippen LogP contribution in [0.2, 0.25) is 0 Å². The smallest absolute Gasteiger partial charge is 0.326 e. The van der Waals surface area contributed by atoms with Crippen molar-refractivity contribution in [2.45, 2.75) is 13.8 Å². The first-order valence-corrected chi connectivity index (χ1v) is 8.85. The first-order valence-electron chi connectivity index (χ1n) is 8.85. The van der Waals surface area contributed by atoms with Crippen LogP contribution < -0.4 is 5.32 Å². The van der Waals surface area contributed by atoms with Gasteiger partial charge in [0.15, 0.2) is 6.61 Å². The molecule has 3 amide bonds. The number of nitrogens with one attached hydrogen (secondary N) is 1. The van der Waals surface area contributed by atoms with E-state index in [2.05, 4.69) is 5.32 Å². The Kier molecular flexibility index (Phi) is 5.58. The Morgan fingerprint density at radius 3 is 2.20 bits per heavy atom. The number of nitrogens with zero attached hydrogens (tertiary/aromatic N) is 2. The minimum absolute atomic E-state index is 0.0236. The SMILES string of the molecule is Cc1cc(NC(=O)COC(=O)CN2C(=O)c3ccccc3C2=O)c([N+](=O)[O-])cc1C. The topological polar surface area (TPSA) is 136 Å². The number of nitro benzene ring substituents is 1. The number of amides is 3. The molecule has 0 saturated carbocycles. The summed E-state index contributed by atoms with van der Waals surface area (Å²) in [7, 11) is 0. The van der Waals surface area contributed by atoms with Gasteiger partial charge in [-0.3, -0.25) is 34.2 Å². The van der Waals surface area contributed by atoms with Gasteiger partial charge in [0.2, 0.25) is 0 Å². The monoisotopic (exact) mass is 411 g/mol. The van der Waals surface area contributed by atoms with Gasteiger partial charge in [0.25, 0.3) is 23.4 Å². The molecule has 1 aliphatic rings. The average Bonchev–Trinajstić information content (AvgIpc) is 2.94. The Balaban J connectivity index is 1.59. The van der Waals surface area contributed by atoms with Crippen LogP contribution in [0, 0.1) is 24.0 Å². The van der Waals surface area contributed by atoms with Crippen molar-refractivity contribution in [3.63, 3.8) is 0 Å². The lowest BCUT2D eigenvalue weighted by Gasteiger charge is -2.13. The lowest BCUT2D eigenvalue weighted by atomic mass is 10.1. The van der Waals surface area contributed by atoms with Gasteiger partial charge < -0.3 is 10.1 Å². The van der Waals surface area contributed by atoms with E-state index < -0.39 is 41.8 Å². The van der Waals surface area contributed by atoms with Gasteiger partial charge in [-0.1, -0.05) is 12.1 Å². The zero-order chi connectivity index (χ0) is 22.0. The van der Waals surface area contributed by atoms with Crippen molar-refractivity contribution in [1.82, 2.24) is 4.90 Å². The van der Waals surface area contributed by atoms with Crippen LogP contribution in [0.4, 0.5) is 11.4 Å². The van der Waals surface area contributed by atoms with Gasteiger partial charge in [-0.25, -0.2) is 0 Å². The molecule has 10 heteroatoms. The molecule has 0 aliphatic carbocycles. The Hall–Kier alpha value is -4.08. The first-order chi connectivity index (χ1) is 14.2. The number of imide groups is 1. The molecule has 0 bridgehead atoms. The fraction of sp³-hybridized carbons (Fsp3) is 0.200. The number of benzene rings is 2. The van der Waals surface area contributed by atoms with E-state index in [0.29, 0.717) is 5.56 Å². The summed E-state index contributed by atoms with van der Waals surface area (Å²) in [5.74, 6) is -3.00. The lowest BCUT2D eigenvalue weighted by Crippen LogP contribution is -2.36. The maximum Gasteiger partial charge on any atom is 0.326 e. The van der Waals surface area contributed by atoms with Crippen LogP contribution in [0.15, 0.2) is 36.4 Å². The molecule has 0 radical (unpaired) electrons. The lowest BCUT2D eigenvalue weighted by molar-refractivity contribution is -0.384. The Morgan fingerprint density at radius 1 is 1.07 bits per heavy atom. The minimum atomic E-state index is -0.964. The molecular formula is C20H17N3O7. The molecule has 0 spiro atoms. The second-order valence-corrected chi connectivity index (χ2v) is 6.66. The highest BCUT2D eigenvalue weighted by atomic mass is 16.6. The second-order valence-electron chi connectivity index (χ2n) is 6.66. The molecule has 3 rings (SSSR count). The van der Waals surface area contributed by atoms with Crippen molar-refractivity contribution in [2.75, 3.05) is 18.5 Å². The third kappa shape index (κ3) is 4.02. The van der Waals surface area contributed by atoms with Crippen LogP contribution in [0.25, 0.3) is 0 Å². The number of hydrogen-bond donors (Lipinski definition) is 1. The standard InChI is InChI=1S/C20H17N3O7/c1-11-7-15(16(23(28)29)8-12(11)2)21-17(24)10-30-18(25)9-22-19(26)13-5-3-4-6-14(13)20(22)27/h3-8H,9-10H2,1-2H3,(H,21,24). The van der Waals surface area contributed by atoms with E-state index in [1.807, 2.05) is 0 Å². The quantitative estimate of drug-likeness (QED) is 0.332. The molecule has 0 aromatic heterocycles. The molecule has 1 N–H and O–H groups in total. The largest absolute Gasteiger partial charge is 0.454 e. The zero-order valence-electron chi connectivity index (χ0n) is 16.1. The number of hydrogen-bond acceptors (Lipinski definition) is 7. The number of aryl methyl sites for hydroxylation is 2. The van der Waals surface area contributed by atoms with Gasteiger partial charge in [0, 0.05) is 6.07 Å². The number of rotatable bonds is 6. The van der Waals surface area contributed by atoms with Crippen molar-refractivity contribution >= 4 is 35.1 Å². The summed E-state index contributed by atoms with van der Waals surface area (Å²) >= 11 is 0. The highest BCUT2D eigenvalue weighted by Crippen LogP contribution is 2.28. The van der Waals surface area contributed by atoms with Crippen LogP contribution in [0.3, 0.4) is 0 Å². The molecule has 0 atom stereocenters. The summed E-state index contributed by atoms with van der Waals surface area (Å²) in [5, 5.41) is 13.5. The summed E-state index contributed by atoms with van der Waals surface area (Å²) in [6.07, 6.45) is 0. The average molecular weight is 411 g/mol. The summed E-state index contributed by atoms with van der Waals surface area (Å²) in [4.78, 5) is 59.9. The van der Waals surface area contributed by atoms with E-state index >= 15 is 0 Å². The second kappa shape index (κ2) is 8.11. The fourth-order valence-electron chi connectivity index (χ4n) is 2.94. The molecule has 1 heterocycles. The number of esters is 1. The van der Waals surface area contributed by atoms with E-state index in [1.165, 1.54) is 24.3 Å². The maximum absolute atomic E-state index is 12.2. The predicted octanol–water partition coefficient (Wildman–Crippen LogP) is 1.99. The normalized spacial score (nSPS) is 12.5. The number of anilines is 1. The highest BCUT2D eigenvalue weighted by molar-refractivity contribution is 6.22. The molecule has 2 aromatic carbocycles. The molecule has 10 nitrogen and oxygen atoms in total. The number of carbonyl (C=O) groups excluding carboxylic acids is 4. The van der Waals surface area contributed by atoms with Crippen molar-refractivity contribution < 1.29 is 28.8 Å². The van der Waals surface area contributed by atoms with Crippen molar-refractivity contribution in [2.24, 2.45) is 0 Å².